The number of hydrogen-bond acceptors (Lipinski definition) is 3. The maximum absolute atomic E-state index is 12.4. The summed E-state index contributed by atoms with van der Waals surface area (Å²) in [5.74, 6) is -0.485. The Balaban J connectivity index is 1.28. The summed E-state index contributed by atoms with van der Waals surface area (Å²) in [4.78, 5) is 37.2. The first-order valence-electron chi connectivity index (χ1n) is 11.0. The van der Waals surface area contributed by atoms with Gasteiger partial charge in [-0.25, -0.2) is 4.79 Å². The molecule has 0 aliphatic rings. The second kappa shape index (κ2) is 11.6. The first-order chi connectivity index (χ1) is 17.4. The van der Waals surface area contributed by atoms with Crippen LogP contribution in [0.3, 0.4) is 0 Å². The lowest BCUT2D eigenvalue weighted by atomic mass is 10.2. The summed E-state index contributed by atoms with van der Waals surface area (Å²) in [6.07, 6.45) is 0. The van der Waals surface area contributed by atoms with Gasteiger partial charge in [-0.1, -0.05) is 24.3 Å². The fourth-order valence-electron chi connectivity index (χ4n) is 3.24. The van der Waals surface area contributed by atoms with Gasteiger partial charge in [-0.3, -0.25) is 9.59 Å². The van der Waals surface area contributed by atoms with Crippen LogP contribution in [-0.4, -0.2) is 17.8 Å². The second-order valence-electron chi connectivity index (χ2n) is 7.89. The van der Waals surface area contributed by atoms with Gasteiger partial charge in [0, 0.05) is 33.9 Å². The molecule has 7 nitrogen and oxygen atoms in total. The Labute approximate surface area is 213 Å². The van der Waals surface area contributed by atoms with Crippen molar-refractivity contribution in [3.8, 4) is 0 Å². The van der Waals surface area contributed by atoms with Crippen LogP contribution in [0.2, 0.25) is 0 Å². The highest BCUT2D eigenvalue weighted by Gasteiger charge is 2.09. The summed E-state index contributed by atoms with van der Waals surface area (Å²) in [6.45, 7) is 0. The first kappa shape index (κ1) is 25.1. The lowest BCUT2D eigenvalue weighted by Crippen LogP contribution is -2.20. The van der Waals surface area contributed by atoms with Gasteiger partial charge in [0.15, 0.2) is 0 Å². The number of amides is 4. The molecule has 0 aromatic heterocycles. The largest absolute Gasteiger partial charge is 0.323 e. The maximum Gasteiger partial charge on any atom is 0.323 e. The molecule has 0 saturated heterocycles. The molecular weight excluding hydrogens is 490 g/mol. The van der Waals surface area contributed by atoms with E-state index in [0.29, 0.717) is 33.9 Å². The molecule has 0 saturated carbocycles. The molecule has 0 spiro atoms. The Hall–Kier alpha value is -4.05. The van der Waals surface area contributed by atoms with Crippen molar-refractivity contribution in [2.24, 2.45) is 0 Å². The number of carbonyl (C=O) groups excluding carboxylic acids is 3. The van der Waals surface area contributed by atoms with E-state index in [9.17, 15) is 14.4 Å². The molecule has 2 unspecified atom stereocenters. The van der Waals surface area contributed by atoms with Crippen LogP contribution in [0.5, 0.6) is 0 Å². The van der Waals surface area contributed by atoms with E-state index in [1.54, 1.807) is 48.5 Å². The van der Waals surface area contributed by atoms with Gasteiger partial charge in [-0.15, -0.1) is 18.5 Å². The predicted molar refractivity (Wildman–Crippen MR) is 153 cm³/mol. The van der Waals surface area contributed by atoms with Crippen LogP contribution in [-0.2, 0) is 0 Å². The number of carbonyl (C=O) groups is 3. The van der Waals surface area contributed by atoms with Crippen molar-refractivity contribution >= 4 is 69.7 Å². The minimum absolute atomic E-state index is 0.243. The number of nitrogens with one attached hydrogen (secondary N) is 4. The topological polar surface area (TPSA) is 99.3 Å². The third-order valence-electron chi connectivity index (χ3n) is 5.15. The number of hydrogen-bond donors (Lipinski definition) is 4. The van der Waals surface area contributed by atoms with E-state index in [4.69, 9.17) is 0 Å². The molecule has 180 valence electrons. The fraction of sp³-hybridized carbons (Fsp3) is 0. The molecule has 0 heterocycles. The maximum atomic E-state index is 12.4. The van der Waals surface area contributed by atoms with Gasteiger partial charge in [0.1, 0.15) is 0 Å². The molecule has 0 bridgehead atoms. The SMILES string of the molecule is O=C(Nc1ccc(C(=O)Nc2ccc(P)cc2)cc1)Nc1ccc(C(=O)Nc2ccc(P)cc2)cc1. The Bertz CT molecular complexity index is 1270. The summed E-state index contributed by atoms with van der Waals surface area (Å²) in [5, 5.41) is 13.2. The monoisotopic (exact) mass is 514 g/mol. The molecule has 0 fully saturated rings. The van der Waals surface area contributed by atoms with Crippen LogP contribution in [0.1, 0.15) is 20.7 Å². The highest BCUT2D eigenvalue weighted by Crippen LogP contribution is 2.15. The zero-order valence-corrected chi connectivity index (χ0v) is 21.4. The summed E-state index contributed by atoms with van der Waals surface area (Å²) in [6, 6.07) is 27.5. The van der Waals surface area contributed by atoms with Gasteiger partial charge < -0.3 is 21.3 Å². The third-order valence-corrected chi connectivity index (χ3v) is 5.92. The van der Waals surface area contributed by atoms with Crippen LogP contribution in [0, 0.1) is 0 Å². The zero-order chi connectivity index (χ0) is 25.5. The average molecular weight is 514 g/mol. The first-order valence-corrected chi connectivity index (χ1v) is 12.1. The van der Waals surface area contributed by atoms with Gasteiger partial charge in [0.05, 0.1) is 0 Å². The van der Waals surface area contributed by atoms with Gasteiger partial charge in [-0.2, -0.15) is 0 Å². The zero-order valence-electron chi connectivity index (χ0n) is 19.1. The van der Waals surface area contributed by atoms with Crippen LogP contribution in [0.25, 0.3) is 0 Å². The minimum atomic E-state index is -0.445. The molecule has 9 heteroatoms. The lowest BCUT2D eigenvalue weighted by Gasteiger charge is -2.10. The summed E-state index contributed by atoms with van der Waals surface area (Å²) in [7, 11) is 5.18. The molecule has 4 rings (SSSR count). The molecule has 4 N–H and O–H groups in total. The second-order valence-corrected chi connectivity index (χ2v) is 9.22. The van der Waals surface area contributed by atoms with E-state index in [2.05, 4.69) is 39.7 Å². The van der Waals surface area contributed by atoms with E-state index in [1.165, 1.54) is 0 Å². The van der Waals surface area contributed by atoms with Crippen LogP contribution in [0.4, 0.5) is 27.5 Å². The van der Waals surface area contributed by atoms with Crippen LogP contribution < -0.4 is 31.9 Å². The van der Waals surface area contributed by atoms with Crippen molar-refractivity contribution in [2.75, 3.05) is 21.3 Å². The van der Waals surface area contributed by atoms with Crippen molar-refractivity contribution in [2.45, 2.75) is 0 Å². The summed E-state index contributed by atoms with van der Waals surface area (Å²) >= 11 is 0. The van der Waals surface area contributed by atoms with Crippen molar-refractivity contribution in [3.05, 3.63) is 108 Å². The number of urea groups is 1. The third kappa shape index (κ3) is 6.98. The molecule has 2 atom stereocenters. The predicted octanol–water partition coefficient (Wildman–Crippen LogP) is 4.84. The average Bonchev–Trinajstić information content (AvgIpc) is 2.87. The van der Waals surface area contributed by atoms with Crippen molar-refractivity contribution in [1.82, 2.24) is 0 Å². The molecular formula is C27H24N4O3P2. The summed E-state index contributed by atoms with van der Waals surface area (Å²) in [5.41, 5.74) is 3.40. The highest BCUT2D eigenvalue weighted by atomic mass is 31.0. The fourth-order valence-corrected chi connectivity index (χ4v) is 3.63. The van der Waals surface area contributed by atoms with Crippen molar-refractivity contribution < 1.29 is 14.4 Å². The van der Waals surface area contributed by atoms with E-state index in [1.807, 2.05) is 48.5 Å². The molecule has 0 aliphatic heterocycles. The van der Waals surface area contributed by atoms with Crippen molar-refractivity contribution in [3.63, 3.8) is 0 Å². The molecule has 4 aromatic rings. The Morgan fingerprint density at radius 1 is 0.417 bits per heavy atom. The van der Waals surface area contributed by atoms with E-state index in [-0.39, 0.29) is 11.8 Å². The smallest absolute Gasteiger partial charge is 0.322 e. The van der Waals surface area contributed by atoms with Crippen molar-refractivity contribution in [1.29, 1.82) is 0 Å². The van der Waals surface area contributed by atoms with Gasteiger partial charge in [0.2, 0.25) is 0 Å². The quantitative estimate of drug-likeness (QED) is 0.277. The molecule has 4 amide bonds. The normalized spacial score (nSPS) is 10.3. The van der Waals surface area contributed by atoms with Gasteiger partial charge in [-0.05, 0) is 83.4 Å². The Morgan fingerprint density at radius 2 is 0.694 bits per heavy atom. The number of rotatable bonds is 6. The number of benzene rings is 4. The van der Waals surface area contributed by atoms with Gasteiger partial charge in [0.25, 0.3) is 11.8 Å². The van der Waals surface area contributed by atoms with Crippen LogP contribution in [0.15, 0.2) is 97.1 Å². The molecule has 4 aromatic carbocycles. The minimum Gasteiger partial charge on any atom is -0.322 e. The van der Waals surface area contributed by atoms with E-state index < -0.39 is 6.03 Å². The van der Waals surface area contributed by atoms with E-state index >= 15 is 0 Å². The summed E-state index contributed by atoms with van der Waals surface area (Å²) < 4.78 is 0. The molecule has 0 aliphatic carbocycles. The number of anilines is 4. The Kier molecular flexibility index (Phi) is 8.06. The van der Waals surface area contributed by atoms with Gasteiger partial charge >= 0.3 is 6.03 Å². The Morgan fingerprint density at radius 3 is 1.03 bits per heavy atom. The molecule has 0 radical (unpaired) electrons. The molecule has 36 heavy (non-hydrogen) atoms. The standard InChI is InChI=1S/C27H24N4O3P2/c32-25(28-19-9-13-23(35)14-10-19)17-1-5-21(6-2-17)30-27(34)31-22-7-3-18(4-8-22)26(33)29-20-11-15-24(36)16-12-20/h1-16H,35-36H2,(H,28,32)(H,29,33)(H2,30,31,34). The van der Waals surface area contributed by atoms with E-state index in [0.717, 1.165) is 10.6 Å². The lowest BCUT2D eigenvalue weighted by molar-refractivity contribution is 0.101. The highest BCUT2D eigenvalue weighted by molar-refractivity contribution is 7.27. The van der Waals surface area contributed by atoms with Crippen LogP contribution >= 0.6 is 18.5 Å².